The van der Waals surface area contributed by atoms with E-state index < -0.39 is 0 Å². The minimum absolute atomic E-state index is 0.188. The van der Waals surface area contributed by atoms with Gasteiger partial charge in [-0.15, -0.1) is 0 Å². The minimum Gasteiger partial charge on any atom is -0.456 e. The Kier molecular flexibility index (Phi) is 6.29. The van der Waals surface area contributed by atoms with E-state index in [4.69, 9.17) is 4.74 Å². The van der Waals surface area contributed by atoms with Gasteiger partial charge >= 0.3 is 0 Å². The Morgan fingerprint density at radius 2 is 1.72 bits per heavy atom. The molecule has 2 heterocycles. The van der Waals surface area contributed by atoms with E-state index in [1.165, 1.54) is 0 Å². The summed E-state index contributed by atoms with van der Waals surface area (Å²) in [5, 5.41) is -0.288. The molecule has 0 aromatic heterocycles. The SMILES string of the molecule is CC(=O)C1([P-]N2CCN(c3ccc(-c4ccccc4)c(F)c3)CC2)CCOCC1. The van der Waals surface area contributed by atoms with Gasteiger partial charge in [0.1, 0.15) is 11.6 Å². The maximum atomic E-state index is 14.7. The number of hydrogen-bond acceptors (Lipinski definition) is 4. The lowest BCUT2D eigenvalue weighted by atomic mass is 9.95. The van der Waals surface area contributed by atoms with Crippen molar-refractivity contribution in [2.45, 2.75) is 24.9 Å². The van der Waals surface area contributed by atoms with Crippen LogP contribution in [-0.2, 0) is 9.53 Å². The standard InChI is InChI=1S/C23H27FN2O2P/c1-18(27)23(9-15-28-16-10-23)29-26-13-11-25(12-14-26)20-7-8-21(22(24)17-20)19-5-3-2-4-6-19/h2-8,17H,9-16H2,1H3/q-1. The van der Waals surface area contributed by atoms with E-state index in [9.17, 15) is 9.18 Å². The Morgan fingerprint density at radius 1 is 1.03 bits per heavy atom. The lowest BCUT2D eigenvalue weighted by Crippen LogP contribution is -2.47. The van der Waals surface area contributed by atoms with Crippen LogP contribution in [0.4, 0.5) is 10.1 Å². The number of piperazine rings is 1. The fourth-order valence-corrected chi connectivity index (χ4v) is 5.55. The molecule has 29 heavy (non-hydrogen) atoms. The van der Waals surface area contributed by atoms with Crippen LogP contribution in [0.1, 0.15) is 19.8 Å². The van der Waals surface area contributed by atoms with Crippen molar-refractivity contribution in [3.05, 3.63) is 54.3 Å². The third-order valence-electron chi connectivity index (χ3n) is 5.97. The fraction of sp³-hybridized carbons (Fsp3) is 0.435. The first-order chi connectivity index (χ1) is 14.1. The number of Topliss-reactive ketones (excluding diaryl/α,β-unsaturated/α-hetero) is 1. The number of benzene rings is 2. The van der Waals surface area contributed by atoms with Crippen LogP contribution in [0.5, 0.6) is 0 Å². The molecule has 0 amide bonds. The highest BCUT2D eigenvalue weighted by molar-refractivity contribution is 7.38. The van der Waals surface area contributed by atoms with Crippen LogP contribution in [0.15, 0.2) is 48.5 Å². The van der Waals surface area contributed by atoms with Crippen molar-refractivity contribution in [1.29, 1.82) is 0 Å². The summed E-state index contributed by atoms with van der Waals surface area (Å²) in [5.74, 6) is 0.0791. The second-order valence-electron chi connectivity index (χ2n) is 7.77. The predicted molar refractivity (Wildman–Crippen MR) is 116 cm³/mol. The lowest BCUT2D eigenvalue weighted by Gasteiger charge is -2.54. The molecular weight excluding hydrogens is 386 g/mol. The van der Waals surface area contributed by atoms with Crippen molar-refractivity contribution < 1.29 is 13.9 Å². The molecule has 6 heteroatoms. The molecule has 0 bridgehead atoms. The van der Waals surface area contributed by atoms with Crippen molar-refractivity contribution in [3.63, 3.8) is 0 Å². The Balaban J connectivity index is 1.39. The molecule has 2 aliphatic heterocycles. The predicted octanol–water partition coefficient (Wildman–Crippen LogP) is 4.61. The minimum atomic E-state index is -0.288. The molecule has 0 radical (unpaired) electrons. The molecular formula is C23H27FN2O2P-. The zero-order chi connectivity index (χ0) is 20.3. The molecule has 0 atom stereocenters. The second kappa shape index (κ2) is 8.91. The molecule has 2 fully saturated rings. The number of rotatable bonds is 5. The first-order valence-electron chi connectivity index (χ1n) is 10.2. The third-order valence-corrected chi connectivity index (χ3v) is 7.79. The van der Waals surface area contributed by atoms with Crippen LogP contribution in [0.25, 0.3) is 11.1 Å². The van der Waals surface area contributed by atoms with Gasteiger partial charge < -0.3 is 27.8 Å². The molecule has 0 spiro atoms. The third kappa shape index (κ3) is 4.53. The zero-order valence-electron chi connectivity index (χ0n) is 16.8. The average molecular weight is 413 g/mol. The highest BCUT2D eigenvalue weighted by atomic mass is 31.1. The Bertz CT molecular complexity index is 847. The van der Waals surface area contributed by atoms with Crippen LogP contribution < -0.4 is 4.90 Å². The van der Waals surface area contributed by atoms with Crippen molar-refractivity contribution in [3.8, 4) is 11.1 Å². The van der Waals surface area contributed by atoms with Gasteiger partial charge in [0.25, 0.3) is 0 Å². The molecule has 0 N–H and O–H groups in total. The normalized spacial score (nSPS) is 20.3. The van der Waals surface area contributed by atoms with E-state index in [-0.39, 0.29) is 16.8 Å². The van der Waals surface area contributed by atoms with E-state index >= 15 is 0 Å². The second-order valence-corrected chi connectivity index (χ2v) is 9.39. The maximum absolute atomic E-state index is 14.7. The quantitative estimate of drug-likeness (QED) is 0.670. The van der Waals surface area contributed by atoms with E-state index in [2.05, 4.69) is 9.57 Å². The van der Waals surface area contributed by atoms with Crippen LogP contribution in [0.2, 0.25) is 0 Å². The maximum Gasteiger partial charge on any atom is 0.133 e. The van der Waals surface area contributed by atoms with Crippen LogP contribution in [0.3, 0.4) is 0 Å². The number of carbonyl (C=O) groups is 1. The molecule has 0 saturated carbocycles. The van der Waals surface area contributed by atoms with Crippen molar-refractivity contribution >= 4 is 20.2 Å². The van der Waals surface area contributed by atoms with E-state index in [0.29, 0.717) is 18.8 Å². The molecule has 154 valence electrons. The number of nitrogens with zero attached hydrogens (tertiary/aromatic N) is 2. The number of anilines is 1. The summed E-state index contributed by atoms with van der Waals surface area (Å²) < 4.78 is 22.6. The first kappa shape index (κ1) is 20.5. The average Bonchev–Trinajstić information content (AvgIpc) is 2.75. The zero-order valence-corrected chi connectivity index (χ0v) is 17.7. The monoisotopic (exact) mass is 413 g/mol. The topological polar surface area (TPSA) is 32.8 Å². The highest BCUT2D eigenvalue weighted by Gasteiger charge is 2.29. The number of ether oxygens (including phenoxy) is 1. The van der Waals surface area contributed by atoms with Gasteiger partial charge in [0.2, 0.25) is 0 Å². The van der Waals surface area contributed by atoms with Crippen molar-refractivity contribution in [1.82, 2.24) is 4.67 Å². The summed E-state index contributed by atoms with van der Waals surface area (Å²) >= 11 is 0. The number of halogens is 1. The number of hydrogen-bond donors (Lipinski definition) is 0. The number of carbonyl (C=O) groups excluding carboxylic acids is 1. The molecule has 4 rings (SSSR count). The van der Waals surface area contributed by atoms with Gasteiger partial charge in [0.05, 0.1) is 0 Å². The van der Waals surface area contributed by atoms with E-state index in [1.807, 2.05) is 42.5 Å². The summed E-state index contributed by atoms with van der Waals surface area (Å²) in [7, 11) is 1.10. The smallest absolute Gasteiger partial charge is 0.133 e. The van der Waals surface area contributed by atoms with E-state index in [0.717, 1.165) is 59.0 Å². The van der Waals surface area contributed by atoms with E-state index in [1.54, 1.807) is 13.0 Å². The Morgan fingerprint density at radius 3 is 2.34 bits per heavy atom. The van der Waals surface area contributed by atoms with Crippen molar-refractivity contribution in [2.24, 2.45) is 0 Å². The van der Waals surface area contributed by atoms with Gasteiger partial charge in [-0.2, -0.15) is 0 Å². The summed E-state index contributed by atoms with van der Waals surface area (Å²) in [6.45, 7) is 6.47. The summed E-state index contributed by atoms with van der Waals surface area (Å²) in [5.41, 5.74) is 2.45. The Hall–Kier alpha value is -1.81. The molecule has 0 aliphatic carbocycles. The fourth-order valence-electron chi connectivity index (χ4n) is 4.11. The van der Waals surface area contributed by atoms with Gasteiger partial charge in [-0.1, -0.05) is 35.5 Å². The molecule has 2 aromatic carbocycles. The Labute approximate surface area is 173 Å². The van der Waals surface area contributed by atoms with Gasteiger partial charge in [-0.3, -0.25) is 0 Å². The van der Waals surface area contributed by atoms with Crippen LogP contribution in [0, 0.1) is 5.82 Å². The van der Waals surface area contributed by atoms with Crippen LogP contribution >= 0.6 is 8.73 Å². The highest BCUT2D eigenvalue weighted by Crippen LogP contribution is 2.44. The summed E-state index contributed by atoms with van der Waals surface area (Å²) in [6, 6.07) is 15.2. The number of ketones is 1. The molecule has 2 saturated heterocycles. The van der Waals surface area contributed by atoms with Crippen molar-refractivity contribution in [2.75, 3.05) is 44.3 Å². The molecule has 0 unspecified atom stereocenters. The van der Waals surface area contributed by atoms with Gasteiger partial charge in [-0.05, 0) is 56.6 Å². The molecule has 4 nitrogen and oxygen atoms in total. The summed E-state index contributed by atoms with van der Waals surface area (Å²) in [4.78, 5) is 14.6. The molecule has 2 aliphatic rings. The van der Waals surface area contributed by atoms with Crippen LogP contribution in [-0.4, -0.2) is 55.0 Å². The summed E-state index contributed by atoms with van der Waals surface area (Å²) in [6.07, 6.45) is 1.60. The largest absolute Gasteiger partial charge is 0.456 e. The van der Waals surface area contributed by atoms with Gasteiger partial charge in [0, 0.05) is 37.6 Å². The first-order valence-corrected chi connectivity index (χ1v) is 11.1. The van der Waals surface area contributed by atoms with Gasteiger partial charge in [-0.25, -0.2) is 4.39 Å². The molecule has 2 aromatic rings. The lowest BCUT2D eigenvalue weighted by molar-refractivity contribution is -0.121. The van der Waals surface area contributed by atoms with Gasteiger partial charge in [0.15, 0.2) is 0 Å².